The number of aliphatic carboxylic acids is 1. The molecule has 1 fully saturated rings. The smallest absolute Gasteiger partial charge is 0.329 e. The van der Waals surface area contributed by atoms with Crippen molar-refractivity contribution in [1.82, 2.24) is 4.90 Å². The van der Waals surface area contributed by atoms with Gasteiger partial charge in [0.1, 0.15) is 5.54 Å². The number of hydrogen-bond acceptors (Lipinski definition) is 3. The number of nitrogens with zero attached hydrogens (tertiary/aromatic N) is 1. The molecular formula is C16H20N2O3. The highest BCUT2D eigenvalue weighted by Gasteiger charge is 2.48. The normalized spacial score (nSPS) is 23.8. The third kappa shape index (κ3) is 2.07. The topological polar surface area (TPSA) is 69.6 Å². The molecule has 2 aliphatic heterocycles. The van der Waals surface area contributed by atoms with E-state index in [0.29, 0.717) is 24.9 Å². The van der Waals surface area contributed by atoms with Crippen LogP contribution in [0.15, 0.2) is 18.2 Å². The quantitative estimate of drug-likeness (QED) is 0.894. The van der Waals surface area contributed by atoms with Gasteiger partial charge < -0.3 is 15.3 Å². The van der Waals surface area contributed by atoms with Gasteiger partial charge in [-0.2, -0.15) is 0 Å². The highest BCUT2D eigenvalue weighted by molar-refractivity contribution is 5.99. The van der Waals surface area contributed by atoms with E-state index in [1.54, 1.807) is 4.90 Å². The Morgan fingerprint density at radius 3 is 2.95 bits per heavy atom. The number of carboxylic acids is 1. The van der Waals surface area contributed by atoms with Crippen LogP contribution < -0.4 is 5.32 Å². The molecule has 1 aromatic rings. The van der Waals surface area contributed by atoms with Crippen molar-refractivity contribution in [3.05, 3.63) is 29.3 Å². The molecule has 0 radical (unpaired) electrons. The molecule has 0 saturated carbocycles. The van der Waals surface area contributed by atoms with Crippen molar-refractivity contribution in [3.63, 3.8) is 0 Å². The Balaban J connectivity index is 1.92. The fourth-order valence-corrected chi connectivity index (χ4v) is 3.50. The Bertz CT molecular complexity index is 599. The van der Waals surface area contributed by atoms with Gasteiger partial charge in [0.05, 0.1) is 0 Å². The average molecular weight is 288 g/mol. The predicted molar refractivity (Wildman–Crippen MR) is 79.6 cm³/mol. The molecule has 21 heavy (non-hydrogen) atoms. The van der Waals surface area contributed by atoms with Gasteiger partial charge in [-0.1, -0.05) is 13.0 Å². The molecule has 1 amide bonds. The molecule has 1 saturated heterocycles. The fraction of sp³-hybridized carbons (Fsp3) is 0.500. The van der Waals surface area contributed by atoms with Crippen molar-refractivity contribution in [2.45, 2.75) is 38.1 Å². The molecule has 1 unspecified atom stereocenters. The molecular weight excluding hydrogens is 268 g/mol. The van der Waals surface area contributed by atoms with E-state index in [1.165, 1.54) is 5.56 Å². The van der Waals surface area contributed by atoms with E-state index in [4.69, 9.17) is 0 Å². The minimum absolute atomic E-state index is 0.173. The van der Waals surface area contributed by atoms with Gasteiger partial charge >= 0.3 is 5.97 Å². The lowest BCUT2D eigenvalue weighted by molar-refractivity contribution is -0.148. The minimum Gasteiger partial charge on any atom is -0.479 e. The van der Waals surface area contributed by atoms with E-state index in [9.17, 15) is 14.7 Å². The molecule has 0 bridgehead atoms. The Labute approximate surface area is 123 Å². The van der Waals surface area contributed by atoms with Gasteiger partial charge in [-0.25, -0.2) is 4.79 Å². The first-order chi connectivity index (χ1) is 10.1. The average Bonchev–Trinajstić information content (AvgIpc) is 3.12. The van der Waals surface area contributed by atoms with E-state index < -0.39 is 11.5 Å². The van der Waals surface area contributed by atoms with Crippen molar-refractivity contribution in [1.29, 1.82) is 0 Å². The summed E-state index contributed by atoms with van der Waals surface area (Å²) in [5, 5.41) is 12.8. The molecule has 1 aromatic carbocycles. The minimum atomic E-state index is -1.04. The number of amides is 1. The van der Waals surface area contributed by atoms with E-state index >= 15 is 0 Å². The van der Waals surface area contributed by atoms with Crippen LogP contribution in [0.1, 0.15) is 42.1 Å². The number of nitrogens with one attached hydrogen (secondary N) is 1. The lowest BCUT2D eigenvalue weighted by atomic mass is 9.92. The molecule has 5 nitrogen and oxygen atoms in total. The maximum Gasteiger partial charge on any atom is 0.329 e. The predicted octanol–water partition coefficient (Wildman–Crippen LogP) is 2.12. The van der Waals surface area contributed by atoms with Gasteiger partial charge in [0.15, 0.2) is 0 Å². The van der Waals surface area contributed by atoms with Crippen molar-refractivity contribution < 1.29 is 14.7 Å². The molecule has 0 spiro atoms. The number of rotatable bonds is 3. The number of fused-ring (bicyclic) bond motifs is 1. The lowest BCUT2D eigenvalue weighted by Gasteiger charge is -2.34. The van der Waals surface area contributed by atoms with Crippen LogP contribution in [0.4, 0.5) is 5.69 Å². The van der Waals surface area contributed by atoms with Gasteiger partial charge in [-0.05, 0) is 43.4 Å². The summed E-state index contributed by atoms with van der Waals surface area (Å²) in [6.07, 6.45) is 2.70. The zero-order valence-corrected chi connectivity index (χ0v) is 12.2. The second-order valence-electron chi connectivity index (χ2n) is 5.80. The molecule has 112 valence electrons. The van der Waals surface area contributed by atoms with E-state index in [1.807, 2.05) is 25.1 Å². The van der Waals surface area contributed by atoms with Crippen molar-refractivity contribution in [3.8, 4) is 0 Å². The molecule has 2 heterocycles. The summed E-state index contributed by atoms with van der Waals surface area (Å²) >= 11 is 0. The van der Waals surface area contributed by atoms with Crippen LogP contribution in [0.3, 0.4) is 0 Å². The van der Waals surface area contributed by atoms with Crippen LogP contribution >= 0.6 is 0 Å². The van der Waals surface area contributed by atoms with E-state index in [-0.39, 0.29) is 5.91 Å². The maximum absolute atomic E-state index is 12.8. The second-order valence-corrected chi connectivity index (χ2v) is 5.80. The summed E-state index contributed by atoms with van der Waals surface area (Å²) < 4.78 is 0. The molecule has 0 aromatic heterocycles. The lowest BCUT2D eigenvalue weighted by Crippen LogP contribution is -2.52. The number of benzene rings is 1. The van der Waals surface area contributed by atoms with Crippen LogP contribution in [0.5, 0.6) is 0 Å². The van der Waals surface area contributed by atoms with Gasteiger partial charge in [0.2, 0.25) is 0 Å². The number of anilines is 1. The first-order valence-electron chi connectivity index (χ1n) is 7.50. The van der Waals surface area contributed by atoms with Crippen LogP contribution in [-0.2, 0) is 11.2 Å². The Kier molecular flexibility index (Phi) is 3.35. The second kappa shape index (κ2) is 5.06. The van der Waals surface area contributed by atoms with E-state index in [2.05, 4.69) is 5.32 Å². The van der Waals surface area contributed by atoms with Crippen LogP contribution in [0.25, 0.3) is 0 Å². The Hall–Kier alpha value is -2.04. The molecule has 5 heteroatoms. The summed E-state index contributed by atoms with van der Waals surface area (Å²) in [5.41, 5.74) is 1.75. The summed E-state index contributed by atoms with van der Waals surface area (Å²) in [4.78, 5) is 26.0. The summed E-state index contributed by atoms with van der Waals surface area (Å²) in [7, 11) is 0. The van der Waals surface area contributed by atoms with Crippen molar-refractivity contribution >= 4 is 17.6 Å². The van der Waals surface area contributed by atoms with Crippen molar-refractivity contribution in [2.24, 2.45) is 0 Å². The standard InChI is InChI=1S/C16H20N2O3/c1-2-16(15(20)21)7-3-9-18(16)14(19)12-5-4-11-6-8-17-13(11)10-12/h4-5,10,17H,2-3,6-9H2,1H3,(H,20,21). The molecule has 3 rings (SSSR count). The number of likely N-dealkylation sites (tertiary alicyclic amines) is 1. The largest absolute Gasteiger partial charge is 0.479 e. The summed E-state index contributed by atoms with van der Waals surface area (Å²) in [5.74, 6) is -1.07. The number of hydrogen-bond donors (Lipinski definition) is 2. The Morgan fingerprint density at radius 1 is 1.43 bits per heavy atom. The molecule has 2 aliphatic rings. The van der Waals surface area contributed by atoms with Gasteiger partial charge in [-0.3, -0.25) is 4.79 Å². The third-order valence-electron chi connectivity index (χ3n) is 4.78. The number of carbonyl (C=O) groups is 2. The Morgan fingerprint density at radius 2 is 2.24 bits per heavy atom. The van der Waals surface area contributed by atoms with E-state index in [0.717, 1.165) is 25.1 Å². The van der Waals surface area contributed by atoms with Gasteiger partial charge in [0.25, 0.3) is 5.91 Å². The molecule has 0 aliphatic carbocycles. The SMILES string of the molecule is CCC1(C(=O)O)CCCN1C(=O)c1ccc2c(c1)NCC2. The van der Waals surface area contributed by atoms with Crippen LogP contribution in [0.2, 0.25) is 0 Å². The summed E-state index contributed by atoms with van der Waals surface area (Å²) in [6, 6.07) is 5.63. The number of carbonyl (C=O) groups excluding carboxylic acids is 1. The first kappa shape index (κ1) is 13.9. The molecule has 1 atom stereocenters. The van der Waals surface area contributed by atoms with Gasteiger partial charge in [-0.15, -0.1) is 0 Å². The highest BCUT2D eigenvalue weighted by Crippen LogP contribution is 2.35. The van der Waals surface area contributed by atoms with Crippen LogP contribution in [-0.4, -0.2) is 40.5 Å². The van der Waals surface area contributed by atoms with Crippen molar-refractivity contribution in [2.75, 3.05) is 18.4 Å². The zero-order chi connectivity index (χ0) is 15.0. The first-order valence-corrected chi connectivity index (χ1v) is 7.50. The van der Waals surface area contributed by atoms with Gasteiger partial charge in [0, 0.05) is 24.3 Å². The third-order valence-corrected chi connectivity index (χ3v) is 4.78. The maximum atomic E-state index is 12.8. The number of carboxylic acid groups (broad SMARTS) is 1. The zero-order valence-electron chi connectivity index (χ0n) is 12.2. The molecule has 2 N–H and O–H groups in total. The highest BCUT2D eigenvalue weighted by atomic mass is 16.4. The van der Waals surface area contributed by atoms with Crippen LogP contribution in [0, 0.1) is 0 Å². The monoisotopic (exact) mass is 288 g/mol. The summed E-state index contributed by atoms with van der Waals surface area (Å²) in [6.45, 7) is 3.25. The fourth-order valence-electron chi connectivity index (χ4n) is 3.50.